The van der Waals surface area contributed by atoms with Crippen molar-refractivity contribution in [1.29, 1.82) is 0 Å². The van der Waals surface area contributed by atoms with E-state index < -0.39 is 0 Å². The first-order chi connectivity index (χ1) is 15.5. The lowest BCUT2D eigenvalue weighted by molar-refractivity contribution is 0.340. The standard InChI is InChI=1S/C25H25FN2O2S2/c1-4-8-21-16(3)22-23(32-21)27-25(31-15-17-9-6-7-10-20(17)26)28(24(22)29)18-11-13-19(14-12-18)30-5-2/h6-7,9-14H,4-5,8,15H2,1-3H3. The van der Waals surface area contributed by atoms with Gasteiger partial charge in [0, 0.05) is 10.6 Å². The van der Waals surface area contributed by atoms with Gasteiger partial charge in [0.15, 0.2) is 5.16 Å². The monoisotopic (exact) mass is 468 g/mol. The van der Waals surface area contributed by atoms with Crippen LogP contribution in [0, 0.1) is 12.7 Å². The van der Waals surface area contributed by atoms with Crippen molar-refractivity contribution in [1.82, 2.24) is 9.55 Å². The number of aromatic nitrogens is 2. The van der Waals surface area contributed by atoms with E-state index in [1.165, 1.54) is 22.7 Å². The minimum absolute atomic E-state index is 0.0914. The number of rotatable bonds is 8. The van der Waals surface area contributed by atoms with Crippen molar-refractivity contribution in [2.45, 2.75) is 44.5 Å². The van der Waals surface area contributed by atoms with Gasteiger partial charge in [0.25, 0.3) is 5.56 Å². The van der Waals surface area contributed by atoms with Crippen molar-refractivity contribution in [3.05, 3.63) is 80.7 Å². The van der Waals surface area contributed by atoms with E-state index in [1.807, 2.05) is 44.2 Å². The molecular weight excluding hydrogens is 443 g/mol. The number of hydrogen-bond donors (Lipinski definition) is 0. The van der Waals surface area contributed by atoms with Gasteiger partial charge < -0.3 is 4.74 Å². The van der Waals surface area contributed by atoms with Gasteiger partial charge in [-0.05, 0) is 61.7 Å². The zero-order chi connectivity index (χ0) is 22.7. The molecule has 0 saturated carbocycles. The molecule has 0 radical (unpaired) electrons. The minimum atomic E-state index is -0.256. The number of thioether (sulfide) groups is 1. The van der Waals surface area contributed by atoms with Crippen LogP contribution in [0.1, 0.15) is 36.3 Å². The normalized spacial score (nSPS) is 11.2. The molecule has 0 fully saturated rings. The average Bonchev–Trinajstić information content (AvgIpc) is 3.10. The fourth-order valence-electron chi connectivity index (χ4n) is 3.62. The molecule has 2 aromatic heterocycles. The molecule has 4 nitrogen and oxygen atoms in total. The van der Waals surface area contributed by atoms with Gasteiger partial charge in [0.1, 0.15) is 16.4 Å². The third kappa shape index (κ3) is 4.45. The van der Waals surface area contributed by atoms with Gasteiger partial charge in [-0.25, -0.2) is 9.37 Å². The molecule has 2 heterocycles. The number of halogens is 1. The van der Waals surface area contributed by atoms with Crippen LogP contribution in [0.15, 0.2) is 58.5 Å². The topological polar surface area (TPSA) is 44.1 Å². The van der Waals surface area contributed by atoms with Crippen LogP contribution in [0.25, 0.3) is 15.9 Å². The van der Waals surface area contributed by atoms with Crippen LogP contribution in [0.5, 0.6) is 5.75 Å². The molecule has 0 bridgehead atoms. The van der Waals surface area contributed by atoms with Crippen molar-refractivity contribution in [3.63, 3.8) is 0 Å². The highest BCUT2D eigenvalue weighted by molar-refractivity contribution is 7.98. The van der Waals surface area contributed by atoms with E-state index in [-0.39, 0.29) is 11.4 Å². The van der Waals surface area contributed by atoms with Crippen LogP contribution in [-0.4, -0.2) is 16.2 Å². The Hall–Kier alpha value is -2.64. The quantitative estimate of drug-likeness (QED) is 0.218. The molecule has 0 N–H and O–H groups in total. The summed E-state index contributed by atoms with van der Waals surface area (Å²) in [4.78, 5) is 20.5. The average molecular weight is 469 g/mol. The Morgan fingerprint density at radius 1 is 1.12 bits per heavy atom. The lowest BCUT2D eigenvalue weighted by Gasteiger charge is -2.13. The maximum absolute atomic E-state index is 14.2. The van der Waals surface area contributed by atoms with E-state index in [2.05, 4.69) is 6.92 Å². The molecule has 32 heavy (non-hydrogen) atoms. The third-order valence-electron chi connectivity index (χ3n) is 5.23. The second-order valence-electron chi connectivity index (χ2n) is 7.42. The molecule has 0 atom stereocenters. The Morgan fingerprint density at radius 3 is 2.56 bits per heavy atom. The summed E-state index contributed by atoms with van der Waals surface area (Å²) in [5, 5.41) is 1.22. The van der Waals surface area contributed by atoms with E-state index in [1.54, 1.807) is 28.0 Å². The molecule has 0 aliphatic carbocycles. The first-order valence-electron chi connectivity index (χ1n) is 10.7. The van der Waals surface area contributed by atoms with E-state index in [0.29, 0.717) is 34.2 Å². The van der Waals surface area contributed by atoms with Crippen LogP contribution in [0.4, 0.5) is 4.39 Å². The summed E-state index contributed by atoms with van der Waals surface area (Å²) < 4.78 is 21.4. The zero-order valence-electron chi connectivity index (χ0n) is 18.4. The molecule has 166 valence electrons. The fourth-order valence-corrected chi connectivity index (χ4v) is 5.94. The smallest absolute Gasteiger partial charge is 0.267 e. The molecule has 4 aromatic rings. The number of aryl methyl sites for hydroxylation is 2. The summed E-state index contributed by atoms with van der Waals surface area (Å²) in [6, 6.07) is 14.1. The van der Waals surface area contributed by atoms with E-state index in [4.69, 9.17) is 9.72 Å². The van der Waals surface area contributed by atoms with Crippen LogP contribution in [0.2, 0.25) is 0 Å². The number of ether oxygens (including phenoxy) is 1. The first kappa shape index (κ1) is 22.6. The number of hydrogen-bond acceptors (Lipinski definition) is 5. The highest BCUT2D eigenvalue weighted by atomic mass is 32.2. The van der Waals surface area contributed by atoms with Crippen LogP contribution < -0.4 is 10.3 Å². The summed E-state index contributed by atoms with van der Waals surface area (Å²) in [6.45, 7) is 6.64. The van der Waals surface area contributed by atoms with Gasteiger partial charge in [-0.15, -0.1) is 11.3 Å². The number of thiophene rings is 1. The SMILES string of the molecule is CCCc1sc2nc(SCc3ccccc3F)n(-c3ccc(OCC)cc3)c(=O)c2c1C. The highest BCUT2D eigenvalue weighted by Gasteiger charge is 2.19. The molecule has 4 rings (SSSR count). The van der Waals surface area contributed by atoms with E-state index >= 15 is 0 Å². The lowest BCUT2D eigenvalue weighted by atomic mass is 10.1. The van der Waals surface area contributed by atoms with E-state index in [0.717, 1.165) is 29.0 Å². The van der Waals surface area contributed by atoms with Crippen molar-refractivity contribution >= 4 is 33.3 Å². The summed E-state index contributed by atoms with van der Waals surface area (Å²) in [6.07, 6.45) is 1.93. The van der Waals surface area contributed by atoms with Crippen LogP contribution in [0.3, 0.4) is 0 Å². The number of benzene rings is 2. The maximum Gasteiger partial charge on any atom is 0.267 e. The molecule has 7 heteroatoms. The van der Waals surface area contributed by atoms with Crippen molar-refractivity contribution < 1.29 is 9.13 Å². The second-order valence-corrected chi connectivity index (χ2v) is 9.45. The Bertz CT molecular complexity index is 1300. The predicted octanol–water partition coefficient (Wildman–Crippen LogP) is 6.54. The van der Waals surface area contributed by atoms with Crippen molar-refractivity contribution in [2.75, 3.05) is 6.61 Å². The lowest BCUT2D eigenvalue weighted by Crippen LogP contribution is -2.21. The van der Waals surface area contributed by atoms with Gasteiger partial charge in [-0.1, -0.05) is 43.3 Å². The molecule has 0 amide bonds. The highest BCUT2D eigenvalue weighted by Crippen LogP contribution is 2.32. The van der Waals surface area contributed by atoms with Gasteiger partial charge in [0.2, 0.25) is 0 Å². The van der Waals surface area contributed by atoms with Gasteiger partial charge in [-0.3, -0.25) is 9.36 Å². The predicted molar refractivity (Wildman–Crippen MR) is 131 cm³/mol. The molecular formula is C25H25FN2O2S2. The van der Waals surface area contributed by atoms with Gasteiger partial charge >= 0.3 is 0 Å². The number of fused-ring (bicyclic) bond motifs is 1. The van der Waals surface area contributed by atoms with Crippen molar-refractivity contribution in [3.8, 4) is 11.4 Å². The Balaban J connectivity index is 1.84. The second kappa shape index (κ2) is 9.88. The van der Waals surface area contributed by atoms with Gasteiger partial charge in [-0.2, -0.15) is 0 Å². The Morgan fingerprint density at radius 2 is 1.88 bits per heavy atom. The number of nitrogens with zero attached hydrogens (tertiary/aromatic N) is 2. The summed E-state index contributed by atoms with van der Waals surface area (Å²) in [7, 11) is 0. The van der Waals surface area contributed by atoms with Crippen LogP contribution >= 0.6 is 23.1 Å². The Kier molecular flexibility index (Phi) is 6.96. The third-order valence-corrected chi connectivity index (χ3v) is 7.46. The van der Waals surface area contributed by atoms with E-state index in [9.17, 15) is 9.18 Å². The molecule has 0 aliphatic rings. The largest absolute Gasteiger partial charge is 0.494 e. The summed E-state index contributed by atoms with van der Waals surface area (Å²) in [5.74, 6) is 0.873. The Labute approximate surface area is 195 Å². The summed E-state index contributed by atoms with van der Waals surface area (Å²) in [5.41, 5.74) is 2.21. The van der Waals surface area contributed by atoms with Crippen LogP contribution in [-0.2, 0) is 12.2 Å². The fraction of sp³-hybridized carbons (Fsp3) is 0.280. The zero-order valence-corrected chi connectivity index (χ0v) is 20.0. The van der Waals surface area contributed by atoms with Gasteiger partial charge in [0.05, 0.1) is 17.7 Å². The molecule has 0 spiro atoms. The van der Waals surface area contributed by atoms with Crippen molar-refractivity contribution in [2.24, 2.45) is 0 Å². The molecule has 2 aromatic carbocycles. The minimum Gasteiger partial charge on any atom is -0.494 e. The molecule has 0 saturated heterocycles. The molecule has 0 unspecified atom stereocenters. The maximum atomic E-state index is 14.2. The summed E-state index contributed by atoms with van der Waals surface area (Å²) >= 11 is 2.95. The first-order valence-corrected chi connectivity index (χ1v) is 12.5. The molecule has 0 aliphatic heterocycles.